The monoisotopic (exact) mass is 540 g/mol. The van der Waals surface area contributed by atoms with Gasteiger partial charge in [-0.05, 0) is 79.7 Å². The van der Waals surface area contributed by atoms with E-state index in [0.717, 1.165) is 35.4 Å². The van der Waals surface area contributed by atoms with Gasteiger partial charge in [-0.2, -0.15) is 18.4 Å². The van der Waals surface area contributed by atoms with Gasteiger partial charge < -0.3 is 9.88 Å². The summed E-state index contributed by atoms with van der Waals surface area (Å²) in [4.78, 5) is 27.5. The molecule has 1 unspecified atom stereocenters. The third kappa shape index (κ3) is 5.89. The van der Waals surface area contributed by atoms with E-state index in [0.29, 0.717) is 10.9 Å². The van der Waals surface area contributed by atoms with E-state index in [2.05, 4.69) is 9.68 Å². The van der Waals surface area contributed by atoms with Gasteiger partial charge in [0.15, 0.2) is 0 Å². The topological polar surface area (TPSA) is 87.2 Å². The Bertz CT molecular complexity index is 1500. The van der Waals surface area contributed by atoms with Gasteiger partial charge in [0.25, 0.3) is 5.91 Å². The Morgan fingerprint density at radius 2 is 1.89 bits per heavy atom. The smallest absolute Gasteiger partial charge is 0.348 e. The van der Waals surface area contributed by atoms with Gasteiger partial charge in [0.05, 0.1) is 5.56 Å². The summed E-state index contributed by atoms with van der Waals surface area (Å²) in [7, 11) is -0.458. The first-order valence-electron chi connectivity index (χ1n) is 12.1. The van der Waals surface area contributed by atoms with Crippen LogP contribution < -0.4 is 10.7 Å². The first-order chi connectivity index (χ1) is 18.0. The van der Waals surface area contributed by atoms with Gasteiger partial charge >= 0.3 is 6.18 Å². The second-order valence-electron chi connectivity index (χ2n) is 9.44. The number of hydrogen-bond donors (Lipinski definition) is 1. The van der Waals surface area contributed by atoms with Crippen molar-refractivity contribution in [3.63, 3.8) is 0 Å². The molecular formula is C28H27F3N4O2S. The zero-order valence-corrected chi connectivity index (χ0v) is 22.0. The predicted octanol–water partition coefficient (Wildman–Crippen LogP) is 6.16. The van der Waals surface area contributed by atoms with E-state index >= 15 is 0 Å². The summed E-state index contributed by atoms with van der Waals surface area (Å²) in [6.45, 7) is 5.55. The van der Waals surface area contributed by atoms with Gasteiger partial charge in [0.1, 0.15) is 5.56 Å². The lowest BCUT2D eigenvalue weighted by Crippen LogP contribution is -2.31. The molecule has 1 aliphatic rings. The summed E-state index contributed by atoms with van der Waals surface area (Å²) in [5, 5.41) is 12.2. The number of rotatable bonds is 7. The number of nitrogens with one attached hydrogen (secondary N) is 1. The van der Waals surface area contributed by atoms with Crippen LogP contribution in [0.5, 0.6) is 0 Å². The number of alkyl halides is 3. The van der Waals surface area contributed by atoms with Crippen LogP contribution in [0.25, 0.3) is 11.1 Å². The second-order valence-corrected chi connectivity index (χ2v) is 11.4. The molecule has 1 fully saturated rings. The second kappa shape index (κ2) is 11.0. The van der Waals surface area contributed by atoms with Crippen molar-refractivity contribution in [2.75, 3.05) is 0 Å². The number of nitriles is 1. The number of carbonyl (C=O) groups is 1. The first kappa shape index (κ1) is 27.3. The molecule has 1 N–H and O–H groups in total. The molecule has 38 heavy (non-hydrogen) atoms. The van der Waals surface area contributed by atoms with E-state index in [1.165, 1.54) is 18.3 Å². The van der Waals surface area contributed by atoms with Crippen molar-refractivity contribution in [3.05, 3.63) is 87.3 Å². The molecule has 4 rings (SSSR count). The average Bonchev–Trinajstić information content (AvgIpc) is 3.71. The molecule has 0 aliphatic heterocycles. The molecule has 3 aromatic rings. The molecule has 1 aromatic heterocycles. The molecule has 1 atom stereocenters. The maximum Gasteiger partial charge on any atom is 0.416 e. The number of pyridine rings is 1. The predicted molar refractivity (Wildman–Crippen MR) is 141 cm³/mol. The number of amides is 1. The number of aromatic nitrogens is 1. The molecule has 1 heterocycles. The van der Waals surface area contributed by atoms with Gasteiger partial charge in [0, 0.05) is 40.2 Å². The van der Waals surface area contributed by atoms with E-state index < -0.39 is 33.8 Å². The highest BCUT2D eigenvalue weighted by Gasteiger charge is 2.31. The molecular weight excluding hydrogens is 513 g/mol. The Labute approximate surface area is 221 Å². The van der Waals surface area contributed by atoms with Crippen LogP contribution in [0, 0.1) is 18.4 Å². The SMILES string of the molecule is Cc1c(-c2cccc(C(F)(F)F)c2)c(=O)c(C(=O)NCc2ccc(/S(=N\C#N)C3CC3)cc2)cn1C(C)C. The molecule has 0 radical (unpaired) electrons. The number of carbonyl (C=O) groups excluding carboxylic acids is 1. The molecule has 0 bridgehead atoms. The lowest BCUT2D eigenvalue weighted by Gasteiger charge is -2.20. The Morgan fingerprint density at radius 1 is 1.21 bits per heavy atom. The summed E-state index contributed by atoms with van der Waals surface area (Å²) < 4.78 is 45.8. The number of halogens is 3. The van der Waals surface area contributed by atoms with Crippen LogP contribution in [0.3, 0.4) is 0 Å². The number of benzene rings is 2. The van der Waals surface area contributed by atoms with Crippen molar-refractivity contribution in [2.45, 2.75) is 62.5 Å². The highest BCUT2D eigenvalue weighted by Crippen LogP contribution is 2.33. The van der Waals surface area contributed by atoms with Crippen LogP contribution in [0.15, 0.2) is 68.8 Å². The Balaban J connectivity index is 1.63. The van der Waals surface area contributed by atoms with Crippen molar-refractivity contribution < 1.29 is 18.0 Å². The van der Waals surface area contributed by atoms with Gasteiger partial charge in [-0.15, -0.1) is 4.36 Å². The summed E-state index contributed by atoms with van der Waals surface area (Å²) in [5.74, 6) is -0.612. The van der Waals surface area contributed by atoms with E-state index in [9.17, 15) is 22.8 Å². The maximum atomic E-state index is 13.4. The van der Waals surface area contributed by atoms with Gasteiger partial charge in [0.2, 0.25) is 11.6 Å². The van der Waals surface area contributed by atoms with Crippen LogP contribution in [-0.4, -0.2) is 15.7 Å². The summed E-state index contributed by atoms with van der Waals surface area (Å²) in [6.07, 6.45) is 0.910. The van der Waals surface area contributed by atoms with Crippen molar-refractivity contribution in [2.24, 2.45) is 4.36 Å². The van der Waals surface area contributed by atoms with Crippen molar-refractivity contribution in [1.82, 2.24) is 9.88 Å². The van der Waals surface area contributed by atoms with Crippen LogP contribution >= 0.6 is 0 Å². The lowest BCUT2D eigenvalue weighted by atomic mass is 9.98. The normalized spacial score (nSPS) is 14.4. The zero-order chi connectivity index (χ0) is 27.6. The Morgan fingerprint density at radius 3 is 2.47 bits per heavy atom. The molecule has 10 heteroatoms. The summed E-state index contributed by atoms with van der Waals surface area (Å²) >= 11 is 0. The third-order valence-electron chi connectivity index (χ3n) is 6.37. The van der Waals surface area contributed by atoms with Gasteiger partial charge in [-0.3, -0.25) is 9.59 Å². The quantitative estimate of drug-likeness (QED) is 0.364. The Kier molecular flexibility index (Phi) is 7.88. The third-order valence-corrected chi connectivity index (χ3v) is 8.50. The van der Waals surface area contributed by atoms with E-state index in [1.807, 2.05) is 44.3 Å². The molecule has 0 spiro atoms. The molecule has 1 saturated carbocycles. The van der Waals surface area contributed by atoms with Crippen LogP contribution in [0.4, 0.5) is 13.2 Å². The molecule has 198 valence electrons. The minimum Gasteiger partial charge on any atom is -0.348 e. The summed E-state index contributed by atoms with van der Waals surface area (Å²) in [5.41, 5.74) is -0.186. The fourth-order valence-corrected chi connectivity index (χ4v) is 6.02. The largest absolute Gasteiger partial charge is 0.416 e. The minimum absolute atomic E-state index is 0.0650. The number of nitrogens with zero attached hydrogens (tertiary/aromatic N) is 3. The van der Waals surface area contributed by atoms with Crippen LogP contribution in [0.2, 0.25) is 0 Å². The lowest BCUT2D eigenvalue weighted by molar-refractivity contribution is -0.137. The highest BCUT2D eigenvalue weighted by atomic mass is 32.2. The maximum absolute atomic E-state index is 13.4. The van der Waals surface area contributed by atoms with Gasteiger partial charge in [-0.25, -0.2) is 0 Å². The fourth-order valence-electron chi connectivity index (χ4n) is 4.29. The Hall–Kier alpha value is -3.71. The van der Waals surface area contributed by atoms with Gasteiger partial charge in [-0.1, -0.05) is 24.3 Å². The average molecular weight is 541 g/mol. The van der Waals surface area contributed by atoms with E-state index in [-0.39, 0.29) is 29.3 Å². The van der Waals surface area contributed by atoms with Crippen molar-refractivity contribution in [1.29, 1.82) is 5.26 Å². The fraction of sp³-hybridized carbons (Fsp3) is 0.321. The van der Waals surface area contributed by atoms with Crippen LogP contribution in [0.1, 0.15) is 59.9 Å². The van der Waals surface area contributed by atoms with E-state index in [1.54, 1.807) is 11.5 Å². The zero-order valence-electron chi connectivity index (χ0n) is 21.2. The molecule has 1 amide bonds. The summed E-state index contributed by atoms with van der Waals surface area (Å²) in [6, 6.07) is 11.9. The van der Waals surface area contributed by atoms with Crippen LogP contribution in [-0.2, 0) is 23.4 Å². The molecule has 0 saturated heterocycles. The molecule has 2 aromatic carbocycles. The molecule has 6 nitrogen and oxygen atoms in total. The van der Waals surface area contributed by atoms with E-state index in [4.69, 9.17) is 5.26 Å². The standard InChI is InChI=1S/C28H27F3N4O2S/c1-17(2)35-15-24(26(36)25(18(35)3)20-5-4-6-21(13-20)28(29,30)31)27(37)33-14-19-7-9-22(10-8-19)38(34-16-32)23-11-12-23/h4-10,13,15,17,23H,11-12,14H2,1-3H3,(H,33,37). The first-order valence-corrected chi connectivity index (χ1v) is 13.4. The number of hydrogen-bond acceptors (Lipinski definition) is 4. The van der Waals surface area contributed by atoms with Crippen molar-refractivity contribution >= 4 is 16.6 Å². The minimum atomic E-state index is -4.56. The van der Waals surface area contributed by atoms with Crippen molar-refractivity contribution in [3.8, 4) is 17.3 Å². The molecule has 1 aliphatic carbocycles. The highest BCUT2D eigenvalue weighted by molar-refractivity contribution is 7.88.